The second-order valence-corrected chi connectivity index (χ2v) is 8.99. The van der Waals surface area contributed by atoms with Crippen LogP contribution in [0.3, 0.4) is 0 Å². The van der Waals surface area contributed by atoms with E-state index in [1.807, 2.05) is 45.0 Å². The van der Waals surface area contributed by atoms with Crippen LogP contribution in [0.2, 0.25) is 5.02 Å². The standard InChI is InChI=1S/C22H24ClN5O/c1-12-6-7-16(15(23)8-12)26-20-19-17(10-22(4,5)11-18(19)29)28(27-20)21-24-13(2)9-14(3)25-21/h6-9H,10-11H2,1-5H3,(H,26,27). The van der Waals surface area contributed by atoms with Crippen LogP contribution in [0.25, 0.3) is 5.95 Å². The van der Waals surface area contributed by atoms with Crippen LogP contribution in [0, 0.1) is 26.2 Å². The first-order valence-corrected chi connectivity index (χ1v) is 10.0. The minimum absolute atomic E-state index is 0.0672. The monoisotopic (exact) mass is 409 g/mol. The lowest BCUT2D eigenvalue weighted by Gasteiger charge is -2.28. The number of anilines is 2. The van der Waals surface area contributed by atoms with Crippen LogP contribution in [-0.4, -0.2) is 25.5 Å². The Morgan fingerprint density at radius 3 is 2.41 bits per heavy atom. The minimum Gasteiger partial charge on any atom is -0.337 e. The summed E-state index contributed by atoms with van der Waals surface area (Å²) in [6, 6.07) is 7.66. The topological polar surface area (TPSA) is 72.7 Å². The van der Waals surface area contributed by atoms with E-state index in [4.69, 9.17) is 16.7 Å². The number of halogens is 1. The van der Waals surface area contributed by atoms with Crippen molar-refractivity contribution in [2.24, 2.45) is 5.41 Å². The Morgan fingerprint density at radius 2 is 1.76 bits per heavy atom. The first-order chi connectivity index (χ1) is 13.6. The van der Waals surface area contributed by atoms with Crippen LogP contribution in [0.5, 0.6) is 0 Å². The van der Waals surface area contributed by atoms with E-state index >= 15 is 0 Å². The smallest absolute Gasteiger partial charge is 0.251 e. The molecule has 0 amide bonds. The predicted molar refractivity (Wildman–Crippen MR) is 115 cm³/mol. The lowest BCUT2D eigenvalue weighted by atomic mass is 9.76. The summed E-state index contributed by atoms with van der Waals surface area (Å²) in [5.74, 6) is 1.04. The molecule has 6 nitrogen and oxygen atoms in total. The molecular weight excluding hydrogens is 386 g/mol. The predicted octanol–water partition coefficient (Wildman–Crippen LogP) is 5.14. The van der Waals surface area contributed by atoms with E-state index in [0.29, 0.717) is 40.9 Å². The Labute approximate surface area is 175 Å². The number of hydrogen-bond acceptors (Lipinski definition) is 5. The third-order valence-corrected chi connectivity index (χ3v) is 5.40. The molecule has 0 radical (unpaired) electrons. The van der Waals surface area contributed by atoms with Gasteiger partial charge < -0.3 is 5.32 Å². The largest absolute Gasteiger partial charge is 0.337 e. The highest BCUT2D eigenvalue weighted by Gasteiger charge is 2.37. The maximum absolute atomic E-state index is 13.1. The maximum atomic E-state index is 13.1. The normalized spacial score (nSPS) is 15.3. The van der Waals surface area contributed by atoms with Crippen molar-refractivity contribution in [2.45, 2.75) is 47.5 Å². The second-order valence-electron chi connectivity index (χ2n) is 8.58. The van der Waals surface area contributed by atoms with Gasteiger partial charge in [-0.2, -0.15) is 0 Å². The number of aryl methyl sites for hydroxylation is 3. The lowest BCUT2D eigenvalue weighted by molar-refractivity contribution is 0.0911. The number of carbonyl (C=O) groups is 1. The summed E-state index contributed by atoms with van der Waals surface area (Å²) >= 11 is 6.40. The van der Waals surface area contributed by atoms with Crippen LogP contribution in [0.4, 0.5) is 11.5 Å². The number of nitrogens with zero attached hydrogens (tertiary/aromatic N) is 4. The first-order valence-electron chi connectivity index (χ1n) is 9.64. The zero-order chi connectivity index (χ0) is 20.9. The molecule has 29 heavy (non-hydrogen) atoms. The molecule has 0 unspecified atom stereocenters. The zero-order valence-electron chi connectivity index (χ0n) is 17.3. The van der Waals surface area contributed by atoms with Gasteiger partial charge in [-0.1, -0.05) is 31.5 Å². The third-order valence-electron chi connectivity index (χ3n) is 5.08. The van der Waals surface area contributed by atoms with E-state index in [1.165, 1.54) is 0 Å². The van der Waals surface area contributed by atoms with Crippen molar-refractivity contribution >= 4 is 28.9 Å². The lowest BCUT2D eigenvalue weighted by Crippen LogP contribution is -2.28. The molecule has 3 aromatic rings. The van der Waals surface area contributed by atoms with Gasteiger partial charge in [-0.25, -0.2) is 14.6 Å². The number of carbonyl (C=O) groups excluding carboxylic acids is 1. The number of fused-ring (bicyclic) bond motifs is 1. The second kappa shape index (κ2) is 6.95. The van der Waals surface area contributed by atoms with Crippen LogP contribution >= 0.6 is 11.6 Å². The summed E-state index contributed by atoms with van der Waals surface area (Å²) in [6.45, 7) is 10.0. The molecule has 0 saturated carbocycles. The molecule has 2 aromatic heterocycles. The van der Waals surface area contributed by atoms with E-state index < -0.39 is 0 Å². The van der Waals surface area contributed by atoms with Gasteiger partial charge in [-0.3, -0.25) is 4.79 Å². The Kier molecular flexibility index (Phi) is 4.69. The minimum atomic E-state index is -0.153. The summed E-state index contributed by atoms with van der Waals surface area (Å²) in [5.41, 5.74) is 4.77. The van der Waals surface area contributed by atoms with Gasteiger partial charge in [-0.05, 0) is 56.4 Å². The fourth-order valence-electron chi connectivity index (χ4n) is 3.85. The SMILES string of the molecule is Cc1ccc(Nc2nn(-c3nc(C)cc(C)n3)c3c2C(=O)CC(C)(C)C3)c(Cl)c1. The number of nitrogens with one attached hydrogen (secondary N) is 1. The van der Waals surface area contributed by atoms with Crippen molar-refractivity contribution in [2.75, 3.05) is 5.32 Å². The fourth-order valence-corrected chi connectivity index (χ4v) is 4.13. The van der Waals surface area contributed by atoms with Gasteiger partial charge in [0.1, 0.15) is 0 Å². The average Bonchev–Trinajstić information content (AvgIpc) is 2.93. The van der Waals surface area contributed by atoms with Gasteiger partial charge in [0.05, 0.1) is 22.0 Å². The van der Waals surface area contributed by atoms with Crippen molar-refractivity contribution in [3.05, 3.63) is 57.5 Å². The number of benzene rings is 1. The van der Waals surface area contributed by atoms with E-state index in [-0.39, 0.29) is 11.2 Å². The van der Waals surface area contributed by atoms with Gasteiger partial charge in [0.15, 0.2) is 11.6 Å². The molecule has 1 N–H and O–H groups in total. The maximum Gasteiger partial charge on any atom is 0.251 e. The van der Waals surface area contributed by atoms with Gasteiger partial charge in [0.25, 0.3) is 5.95 Å². The van der Waals surface area contributed by atoms with Gasteiger partial charge in [-0.15, -0.1) is 5.10 Å². The van der Waals surface area contributed by atoms with E-state index in [0.717, 1.165) is 22.6 Å². The Morgan fingerprint density at radius 1 is 1.07 bits per heavy atom. The van der Waals surface area contributed by atoms with Gasteiger partial charge >= 0.3 is 0 Å². The molecule has 0 bridgehead atoms. The number of aromatic nitrogens is 4. The summed E-state index contributed by atoms with van der Waals surface area (Å²) in [6.07, 6.45) is 1.18. The van der Waals surface area contributed by atoms with Crippen molar-refractivity contribution in [1.29, 1.82) is 0 Å². The highest BCUT2D eigenvalue weighted by molar-refractivity contribution is 6.33. The van der Waals surface area contributed by atoms with Crippen molar-refractivity contribution < 1.29 is 4.79 Å². The van der Waals surface area contributed by atoms with Crippen LogP contribution in [0.1, 0.15) is 53.3 Å². The fraction of sp³-hybridized carbons (Fsp3) is 0.364. The van der Waals surface area contributed by atoms with E-state index in [2.05, 4.69) is 29.1 Å². The summed E-state index contributed by atoms with van der Waals surface area (Å²) in [4.78, 5) is 22.2. The Bertz CT molecular complexity index is 1110. The van der Waals surface area contributed by atoms with Crippen LogP contribution in [-0.2, 0) is 6.42 Å². The molecule has 0 aliphatic heterocycles. The molecule has 7 heteroatoms. The quantitative estimate of drug-likeness (QED) is 0.648. The van der Waals surface area contributed by atoms with Crippen molar-refractivity contribution in [1.82, 2.24) is 19.7 Å². The molecule has 0 saturated heterocycles. The number of Topliss-reactive ketones (excluding diaryl/α,β-unsaturated/α-hetero) is 1. The molecule has 0 spiro atoms. The molecule has 0 fully saturated rings. The molecule has 1 aliphatic carbocycles. The summed E-state index contributed by atoms with van der Waals surface area (Å²) in [7, 11) is 0. The summed E-state index contributed by atoms with van der Waals surface area (Å²) in [5, 5.41) is 8.57. The van der Waals surface area contributed by atoms with Gasteiger partial charge in [0, 0.05) is 17.8 Å². The zero-order valence-corrected chi connectivity index (χ0v) is 18.1. The highest BCUT2D eigenvalue weighted by Crippen LogP contribution is 2.39. The molecule has 1 aliphatic rings. The molecule has 150 valence electrons. The summed E-state index contributed by atoms with van der Waals surface area (Å²) < 4.78 is 1.71. The number of hydrogen-bond donors (Lipinski definition) is 1. The van der Waals surface area contributed by atoms with Gasteiger partial charge in [0.2, 0.25) is 0 Å². The van der Waals surface area contributed by atoms with Crippen molar-refractivity contribution in [3.8, 4) is 5.95 Å². The Hall–Kier alpha value is -2.73. The molecular formula is C22H24ClN5O. The van der Waals surface area contributed by atoms with Crippen molar-refractivity contribution in [3.63, 3.8) is 0 Å². The molecule has 1 aromatic carbocycles. The first kappa shape index (κ1) is 19.6. The van der Waals surface area contributed by atoms with E-state index in [9.17, 15) is 4.79 Å². The Balaban J connectivity index is 1.89. The molecule has 4 rings (SSSR count). The molecule has 2 heterocycles. The average molecular weight is 410 g/mol. The van der Waals surface area contributed by atoms with Crippen LogP contribution < -0.4 is 5.32 Å². The van der Waals surface area contributed by atoms with Crippen LogP contribution in [0.15, 0.2) is 24.3 Å². The molecule has 0 atom stereocenters. The highest BCUT2D eigenvalue weighted by atomic mass is 35.5. The number of ketones is 1. The number of rotatable bonds is 3. The third kappa shape index (κ3) is 3.77. The van der Waals surface area contributed by atoms with E-state index in [1.54, 1.807) is 4.68 Å².